The summed E-state index contributed by atoms with van der Waals surface area (Å²) in [4.78, 5) is 27.1. The van der Waals surface area contributed by atoms with Crippen LogP contribution in [0, 0.1) is 6.92 Å². The molecule has 0 unspecified atom stereocenters. The van der Waals surface area contributed by atoms with Crippen LogP contribution >= 0.6 is 11.8 Å². The van der Waals surface area contributed by atoms with Gasteiger partial charge in [-0.1, -0.05) is 45.4 Å². The zero-order valence-electron chi connectivity index (χ0n) is 21.3. The van der Waals surface area contributed by atoms with Gasteiger partial charge in [-0.3, -0.25) is 14.5 Å². The number of hydrogen-bond acceptors (Lipinski definition) is 6. The van der Waals surface area contributed by atoms with E-state index < -0.39 is 0 Å². The Balaban J connectivity index is 1.68. The third-order valence-corrected chi connectivity index (χ3v) is 6.47. The van der Waals surface area contributed by atoms with Crippen LogP contribution in [-0.2, 0) is 4.79 Å². The van der Waals surface area contributed by atoms with Crippen molar-refractivity contribution in [3.8, 4) is 17.2 Å². The standard InChI is InChI=1S/C28H35NO5S/c1-6-8-14-33-23-12-10-21(17-25(23)32-7-2)18-26-27(30)29(28(31)35-26)13-15-34-24-16-20(5)9-11-22(24)19(3)4/h9-12,16-19H,6-8,13-15H2,1-5H3/b26-18-. The van der Waals surface area contributed by atoms with E-state index in [1.54, 1.807) is 6.08 Å². The quantitative estimate of drug-likeness (QED) is 0.237. The Labute approximate surface area is 212 Å². The molecule has 0 spiro atoms. The van der Waals surface area contributed by atoms with Gasteiger partial charge in [-0.15, -0.1) is 0 Å². The van der Waals surface area contributed by atoms with Crippen molar-refractivity contribution in [1.29, 1.82) is 0 Å². The van der Waals surface area contributed by atoms with Crippen LogP contribution in [0.3, 0.4) is 0 Å². The number of carbonyl (C=O) groups excluding carboxylic acids is 2. The number of imide groups is 1. The second kappa shape index (κ2) is 12.7. The molecule has 7 heteroatoms. The second-order valence-electron chi connectivity index (χ2n) is 8.72. The van der Waals surface area contributed by atoms with Crippen molar-refractivity contribution >= 4 is 29.0 Å². The van der Waals surface area contributed by atoms with Crippen molar-refractivity contribution in [2.24, 2.45) is 0 Å². The van der Waals surface area contributed by atoms with E-state index in [9.17, 15) is 9.59 Å². The number of ether oxygens (including phenoxy) is 3. The highest BCUT2D eigenvalue weighted by atomic mass is 32.2. The van der Waals surface area contributed by atoms with Gasteiger partial charge in [0.25, 0.3) is 11.1 Å². The van der Waals surface area contributed by atoms with Crippen molar-refractivity contribution in [3.63, 3.8) is 0 Å². The van der Waals surface area contributed by atoms with E-state index in [-0.39, 0.29) is 24.3 Å². The minimum Gasteiger partial charge on any atom is -0.491 e. The van der Waals surface area contributed by atoms with Crippen LogP contribution < -0.4 is 14.2 Å². The van der Waals surface area contributed by atoms with Crippen LogP contribution in [0.2, 0.25) is 0 Å². The number of rotatable bonds is 12. The Bertz CT molecular complexity index is 1080. The van der Waals surface area contributed by atoms with Gasteiger partial charge in [-0.25, -0.2) is 0 Å². The molecule has 0 aromatic heterocycles. The number of nitrogens with zero attached hydrogens (tertiary/aromatic N) is 1. The number of unbranched alkanes of at least 4 members (excludes halogenated alkanes) is 1. The number of carbonyl (C=O) groups is 2. The normalized spacial score (nSPS) is 14.8. The molecule has 0 bridgehead atoms. The molecule has 2 amide bonds. The maximum absolute atomic E-state index is 12.9. The molecule has 0 N–H and O–H groups in total. The lowest BCUT2D eigenvalue weighted by Gasteiger charge is -2.17. The first kappa shape index (κ1) is 26.7. The fourth-order valence-electron chi connectivity index (χ4n) is 3.66. The third kappa shape index (κ3) is 7.04. The van der Waals surface area contributed by atoms with Crippen molar-refractivity contribution in [2.45, 2.75) is 53.4 Å². The Hall–Kier alpha value is -2.93. The van der Waals surface area contributed by atoms with Gasteiger partial charge in [0.1, 0.15) is 12.4 Å². The monoisotopic (exact) mass is 497 g/mol. The smallest absolute Gasteiger partial charge is 0.293 e. The lowest BCUT2D eigenvalue weighted by atomic mass is 10.0. The molecule has 35 heavy (non-hydrogen) atoms. The van der Waals surface area contributed by atoms with Gasteiger partial charge in [0, 0.05) is 0 Å². The Morgan fingerprint density at radius 2 is 1.71 bits per heavy atom. The highest BCUT2D eigenvalue weighted by Crippen LogP contribution is 2.35. The fourth-order valence-corrected chi connectivity index (χ4v) is 4.53. The summed E-state index contributed by atoms with van der Waals surface area (Å²) >= 11 is 0.945. The zero-order valence-corrected chi connectivity index (χ0v) is 22.1. The van der Waals surface area contributed by atoms with E-state index >= 15 is 0 Å². The van der Waals surface area contributed by atoms with E-state index in [2.05, 4.69) is 32.9 Å². The fraction of sp³-hybridized carbons (Fsp3) is 0.429. The first-order valence-corrected chi connectivity index (χ1v) is 13.0. The van der Waals surface area contributed by atoms with Crippen molar-refractivity contribution in [1.82, 2.24) is 4.90 Å². The summed E-state index contributed by atoms with van der Waals surface area (Å²) in [6.07, 6.45) is 3.74. The topological polar surface area (TPSA) is 65.1 Å². The Morgan fingerprint density at radius 3 is 2.43 bits per heavy atom. The van der Waals surface area contributed by atoms with Crippen LogP contribution in [0.4, 0.5) is 4.79 Å². The van der Waals surface area contributed by atoms with Crippen molar-refractivity contribution in [3.05, 3.63) is 58.0 Å². The summed E-state index contributed by atoms with van der Waals surface area (Å²) in [6.45, 7) is 11.8. The molecular formula is C28H35NO5S. The Morgan fingerprint density at radius 1 is 0.943 bits per heavy atom. The van der Waals surface area contributed by atoms with Crippen molar-refractivity contribution < 1.29 is 23.8 Å². The summed E-state index contributed by atoms with van der Waals surface area (Å²) in [6, 6.07) is 11.7. The van der Waals surface area contributed by atoms with Gasteiger partial charge in [0.05, 0.1) is 24.7 Å². The number of hydrogen-bond donors (Lipinski definition) is 0. The van der Waals surface area contributed by atoms with E-state index in [1.807, 2.05) is 38.1 Å². The van der Waals surface area contributed by atoms with Crippen LogP contribution in [-0.4, -0.2) is 42.4 Å². The first-order chi connectivity index (χ1) is 16.8. The van der Waals surface area contributed by atoms with Crippen LogP contribution in [0.1, 0.15) is 63.1 Å². The maximum Gasteiger partial charge on any atom is 0.293 e. The molecule has 1 saturated heterocycles. The molecule has 3 rings (SSSR count). The van der Waals surface area contributed by atoms with E-state index in [0.717, 1.165) is 47.0 Å². The molecule has 6 nitrogen and oxygen atoms in total. The summed E-state index contributed by atoms with van der Waals surface area (Å²) in [7, 11) is 0. The molecule has 1 fully saturated rings. The first-order valence-electron chi connectivity index (χ1n) is 12.2. The largest absolute Gasteiger partial charge is 0.491 e. The molecule has 0 radical (unpaired) electrons. The van der Waals surface area contributed by atoms with Gasteiger partial charge < -0.3 is 14.2 Å². The van der Waals surface area contributed by atoms with E-state index in [1.165, 1.54) is 4.90 Å². The maximum atomic E-state index is 12.9. The van der Waals surface area contributed by atoms with Crippen LogP contribution in [0.5, 0.6) is 17.2 Å². The van der Waals surface area contributed by atoms with E-state index in [0.29, 0.717) is 35.5 Å². The second-order valence-corrected chi connectivity index (χ2v) is 9.71. The number of amides is 2. The molecular weight excluding hydrogens is 462 g/mol. The molecule has 0 atom stereocenters. The molecule has 1 heterocycles. The van der Waals surface area contributed by atoms with Crippen LogP contribution in [0.25, 0.3) is 6.08 Å². The molecule has 0 saturated carbocycles. The summed E-state index contributed by atoms with van der Waals surface area (Å²) in [5.74, 6) is 2.12. The highest BCUT2D eigenvalue weighted by molar-refractivity contribution is 8.18. The predicted molar refractivity (Wildman–Crippen MR) is 141 cm³/mol. The lowest BCUT2D eigenvalue weighted by Crippen LogP contribution is -2.32. The average molecular weight is 498 g/mol. The summed E-state index contributed by atoms with van der Waals surface area (Å²) < 4.78 is 17.5. The minimum atomic E-state index is -0.307. The summed E-state index contributed by atoms with van der Waals surface area (Å²) in [5, 5.41) is -0.289. The molecule has 0 aliphatic carbocycles. The van der Waals surface area contributed by atoms with Gasteiger partial charge >= 0.3 is 0 Å². The molecule has 2 aromatic rings. The average Bonchev–Trinajstić information content (AvgIpc) is 3.08. The van der Waals surface area contributed by atoms with Crippen molar-refractivity contribution in [2.75, 3.05) is 26.4 Å². The Kier molecular flexibility index (Phi) is 9.66. The molecule has 188 valence electrons. The molecule has 2 aromatic carbocycles. The van der Waals surface area contributed by atoms with E-state index in [4.69, 9.17) is 14.2 Å². The van der Waals surface area contributed by atoms with Crippen LogP contribution in [0.15, 0.2) is 41.3 Å². The van der Waals surface area contributed by atoms with Gasteiger partial charge in [-0.05, 0) is 78.9 Å². The minimum absolute atomic E-state index is 0.196. The zero-order chi connectivity index (χ0) is 25.4. The number of aryl methyl sites for hydroxylation is 1. The molecule has 1 aliphatic rings. The number of benzene rings is 2. The highest BCUT2D eigenvalue weighted by Gasteiger charge is 2.35. The third-order valence-electron chi connectivity index (χ3n) is 5.56. The SMILES string of the molecule is CCCCOc1ccc(/C=C2\SC(=O)N(CCOc3cc(C)ccc3C(C)C)C2=O)cc1OCC. The molecule has 1 aliphatic heterocycles. The lowest BCUT2D eigenvalue weighted by molar-refractivity contribution is -0.123. The summed E-state index contributed by atoms with van der Waals surface area (Å²) in [5.41, 5.74) is 2.99. The van der Waals surface area contributed by atoms with Gasteiger partial charge in [-0.2, -0.15) is 0 Å². The number of thioether (sulfide) groups is 1. The predicted octanol–water partition coefficient (Wildman–Crippen LogP) is 6.81. The van der Waals surface area contributed by atoms with Gasteiger partial charge in [0.15, 0.2) is 11.5 Å². The van der Waals surface area contributed by atoms with Gasteiger partial charge in [0.2, 0.25) is 0 Å².